The van der Waals surface area contributed by atoms with E-state index in [0.29, 0.717) is 23.0 Å². The second-order valence-electron chi connectivity index (χ2n) is 5.62. The molecule has 0 bridgehead atoms. The first-order chi connectivity index (χ1) is 11.5. The van der Waals surface area contributed by atoms with Crippen molar-refractivity contribution >= 4 is 29.1 Å². The van der Waals surface area contributed by atoms with E-state index in [0.717, 1.165) is 11.1 Å². The summed E-state index contributed by atoms with van der Waals surface area (Å²) >= 11 is 6.07. The van der Waals surface area contributed by atoms with Gasteiger partial charge in [-0.2, -0.15) is 0 Å². The van der Waals surface area contributed by atoms with Gasteiger partial charge in [0, 0.05) is 11.6 Å². The summed E-state index contributed by atoms with van der Waals surface area (Å²) in [6.07, 6.45) is -0.300. The van der Waals surface area contributed by atoms with Gasteiger partial charge in [-0.05, 0) is 36.2 Å². The molecule has 6 heteroatoms. The number of amides is 2. The number of halogens is 1. The molecule has 0 saturated carbocycles. The summed E-state index contributed by atoms with van der Waals surface area (Å²) in [6.45, 7) is 2.06. The Morgan fingerprint density at radius 1 is 1.29 bits per heavy atom. The Balaban J connectivity index is 1.62. The van der Waals surface area contributed by atoms with E-state index < -0.39 is 6.10 Å². The molecule has 2 amide bonds. The van der Waals surface area contributed by atoms with Gasteiger partial charge in [0.25, 0.3) is 5.91 Å². The number of rotatable bonds is 4. The van der Waals surface area contributed by atoms with Crippen molar-refractivity contribution in [3.63, 3.8) is 0 Å². The molecule has 2 aromatic carbocycles. The predicted octanol–water partition coefficient (Wildman–Crippen LogP) is 2.92. The molecular weight excluding hydrogens is 328 g/mol. The second kappa shape index (κ2) is 6.93. The zero-order chi connectivity index (χ0) is 17.1. The van der Waals surface area contributed by atoms with E-state index in [1.807, 2.05) is 24.3 Å². The van der Waals surface area contributed by atoms with Crippen LogP contribution >= 0.6 is 11.6 Å². The zero-order valence-corrected chi connectivity index (χ0v) is 13.9. The molecule has 1 heterocycles. The zero-order valence-electron chi connectivity index (χ0n) is 13.1. The quantitative estimate of drug-likeness (QED) is 0.896. The van der Waals surface area contributed by atoms with Crippen LogP contribution in [0.15, 0.2) is 42.5 Å². The third-order valence-electron chi connectivity index (χ3n) is 3.77. The van der Waals surface area contributed by atoms with Crippen molar-refractivity contribution in [2.24, 2.45) is 0 Å². The van der Waals surface area contributed by atoms with E-state index in [-0.39, 0.29) is 18.2 Å². The van der Waals surface area contributed by atoms with Gasteiger partial charge in [0.1, 0.15) is 5.75 Å². The van der Waals surface area contributed by atoms with Crippen LogP contribution < -0.4 is 15.4 Å². The number of anilines is 1. The Kier molecular flexibility index (Phi) is 4.71. The highest BCUT2D eigenvalue weighted by Gasteiger charge is 2.23. The van der Waals surface area contributed by atoms with Gasteiger partial charge in [-0.3, -0.25) is 9.59 Å². The molecule has 0 aromatic heterocycles. The van der Waals surface area contributed by atoms with Crippen LogP contribution in [0.3, 0.4) is 0 Å². The topological polar surface area (TPSA) is 67.4 Å². The van der Waals surface area contributed by atoms with Crippen molar-refractivity contribution in [1.82, 2.24) is 5.32 Å². The summed E-state index contributed by atoms with van der Waals surface area (Å²) in [5.41, 5.74) is 2.26. The molecule has 124 valence electrons. The Morgan fingerprint density at radius 2 is 2.08 bits per heavy atom. The van der Waals surface area contributed by atoms with E-state index in [4.69, 9.17) is 16.3 Å². The molecular formula is C18H17ClN2O3. The lowest BCUT2D eigenvalue weighted by molar-refractivity contribution is -0.122. The Bertz CT molecular complexity index is 792. The fraction of sp³-hybridized carbons (Fsp3) is 0.222. The maximum Gasteiger partial charge on any atom is 0.265 e. The van der Waals surface area contributed by atoms with Gasteiger partial charge < -0.3 is 15.4 Å². The molecule has 2 aromatic rings. The average molecular weight is 345 g/mol. The van der Waals surface area contributed by atoms with Gasteiger partial charge in [-0.15, -0.1) is 0 Å². The smallest absolute Gasteiger partial charge is 0.265 e. The summed E-state index contributed by atoms with van der Waals surface area (Å²) < 4.78 is 5.50. The summed E-state index contributed by atoms with van der Waals surface area (Å²) in [7, 11) is 0. The largest absolute Gasteiger partial charge is 0.479 e. The van der Waals surface area contributed by atoms with Crippen LogP contribution in [0.25, 0.3) is 0 Å². The summed E-state index contributed by atoms with van der Waals surface area (Å²) in [4.78, 5) is 23.8. The van der Waals surface area contributed by atoms with E-state index in [1.165, 1.54) is 0 Å². The van der Waals surface area contributed by atoms with Crippen molar-refractivity contribution in [1.29, 1.82) is 0 Å². The number of nitrogens with one attached hydrogen (secondary N) is 2. The third-order valence-corrected chi connectivity index (χ3v) is 4.14. The minimum absolute atomic E-state index is 0.119. The molecule has 1 aliphatic heterocycles. The standard InChI is InChI=1S/C18H17ClN2O3/c1-11-18(23)21-15-8-12(6-7-16(15)24-11)9-17(22)20-10-13-4-2-3-5-14(13)19/h2-8,11H,9-10H2,1H3,(H,20,22)(H,21,23). The van der Waals surface area contributed by atoms with Crippen LogP contribution in [-0.4, -0.2) is 17.9 Å². The molecule has 3 rings (SSSR count). The lowest BCUT2D eigenvalue weighted by atomic mass is 10.1. The maximum atomic E-state index is 12.1. The molecule has 5 nitrogen and oxygen atoms in total. The monoisotopic (exact) mass is 344 g/mol. The minimum Gasteiger partial charge on any atom is -0.479 e. The molecule has 0 radical (unpaired) electrons. The minimum atomic E-state index is -0.512. The van der Waals surface area contributed by atoms with E-state index in [1.54, 1.807) is 25.1 Å². The van der Waals surface area contributed by atoms with Gasteiger partial charge >= 0.3 is 0 Å². The summed E-state index contributed by atoms with van der Waals surface area (Å²) in [5, 5.41) is 6.24. The SMILES string of the molecule is CC1Oc2ccc(CC(=O)NCc3ccccc3Cl)cc2NC1=O. The van der Waals surface area contributed by atoms with Crippen LogP contribution in [0.2, 0.25) is 5.02 Å². The highest BCUT2D eigenvalue weighted by Crippen LogP contribution is 2.30. The van der Waals surface area contributed by atoms with E-state index in [9.17, 15) is 9.59 Å². The molecule has 24 heavy (non-hydrogen) atoms. The fourth-order valence-corrected chi connectivity index (χ4v) is 2.65. The number of ether oxygens (including phenoxy) is 1. The van der Waals surface area contributed by atoms with Crippen LogP contribution in [0.5, 0.6) is 5.75 Å². The van der Waals surface area contributed by atoms with Gasteiger partial charge in [-0.25, -0.2) is 0 Å². The number of carbonyl (C=O) groups excluding carboxylic acids is 2. The molecule has 1 aliphatic rings. The first-order valence-corrected chi connectivity index (χ1v) is 8.01. The number of carbonyl (C=O) groups is 2. The molecule has 0 saturated heterocycles. The van der Waals surface area contributed by atoms with Gasteiger partial charge in [0.2, 0.25) is 5.91 Å². The van der Waals surface area contributed by atoms with Gasteiger partial charge in [0.05, 0.1) is 12.1 Å². The van der Waals surface area contributed by atoms with E-state index in [2.05, 4.69) is 10.6 Å². The van der Waals surface area contributed by atoms with Crippen LogP contribution in [0.4, 0.5) is 5.69 Å². The Hall–Kier alpha value is -2.53. The first-order valence-electron chi connectivity index (χ1n) is 7.63. The predicted molar refractivity (Wildman–Crippen MR) is 92.2 cm³/mol. The van der Waals surface area contributed by atoms with Crippen LogP contribution in [-0.2, 0) is 22.6 Å². The number of benzene rings is 2. The number of fused-ring (bicyclic) bond motifs is 1. The molecule has 0 aliphatic carbocycles. The number of hydrogen-bond acceptors (Lipinski definition) is 3. The van der Waals surface area contributed by atoms with Crippen LogP contribution in [0, 0.1) is 0 Å². The van der Waals surface area contributed by atoms with Crippen molar-refractivity contribution in [3.8, 4) is 5.75 Å². The molecule has 1 unspecified atom stereocenters. The number of hydrogen-bond donors (Lipinski definition) is 2. The first kappa shape index (κ1) is 16.3. The molecule has 2 N–H and O–H groups in total. The van der Waals surface area contributed by atoms with Crippen molar-refractivity contribution in [2.45, 2.75) is 26.0 Å². The Morgan fingerprint density at radius 3 is 2.88 bits per heavy atom. The van der Waals surface area contributed by atoms with E-state index >= 15 is 0 Å². The normalized spacial score (nSPS) is 15.9. The lowest BCUT2D eigenvalue weighted by Gasteiger charge is -2.23. The Labute approximate surface area is 145 Å². The van der Waals surface area contributed by atoms with Gasteiger partial charge in [-0.1, -0.05) is 35.9 Å². The average Bonchev–Trinajstić information content (AvgIpc) is 2.55. The van der Waals surface area contributed by atoms with Gasteiger partial charge in [0.15, 0.2) is 6.10 Å². The van der Waals surface area contributed by atoms with Crippen molar-refractivity contribution in [3.05, 3.63) is 58.6 Å². The molecule has 1 atom stereocenters. The molecule has 0 spiro atoms. The van der Waals surface area contributed by atoms with Crippen molar-refractivity contribution < 1.29 is 14.3 Å². The highest BCUT2D eigenvalue weighted by atomic mass is 35.5. The highest BCUT2D eigenvalue weighted by molar-refractivity contribution is 6.31. The van der Waals surface area contributed by atoms with Crippen LogP contribution in [0.1, 0.15) is 18.1 Å². The third kappa shape index (κ3) is 3.68. The fourth-order valence-electron chi connectivity index (χ4n) is 2.45. The second-order valence-corrected chi connectivity index (χ2v) is 6.03. The summed E-state index contributed by atoms with van der Waals surface area (Å²) in [5.74, 6) is 0.302. The maximum absolute atomic E-state index is 12.1. The summed E-state index contributed by atoms with van der Waals surface area (Å²) in [6, 6.07) is 12.7. The lowest BCUT2D eigenvalue weighted by Crippen LogP contribution is -2.34. The molecule has 0 fully saturated rings. The van der Waals surface area contributed by atoms with Crippen molar-refractivity contribution in [2.75, 3.05) is 5.32 Å².